The van der Waals surface area contributed by atoms with Crippen molar-refractivity contribution >= 4 is 34.2 Å². The second-order valence-corrected chi connectivity index (χ2v) is 9.54. The number of fused-ring (bicyclic) bond motifs is 1. The number of carbonyl (C=O) groups excluding carboxylic acids is 2. The van der Waals surface area contributed by atoms with Crippen LogP contribution in [0.3, 0.4) is 0 Å². The number of ether oxygens (including phenoxy) is 1. The molecule has 10 heteroatoms. The van der Waals surface area contributed by atoms with E-state index in [0.717, 1.165) is 10.4 Å². The van der Waals surface area contributed by atoms with Gasteiger partial charge in [0.2, 0.25) is 11.8 Å². The average Bonchev–Trinajstić information content (AvgIpc) is 3.71. The number of benzene rings is 2. The highest BCUT2D eigenvalue weighted by Crippen LogP contribution is 2.32. The third-order valence-electron chi connectivity index (χ3n) is 6.02. The van der Waals surface area contributed by atoms with Gasteiger partial charge in [0, 0.05) is 10.4 Å². The van der Waals surface area contributed by atoms with Gasteiger partial charge in [0.25, 0.3) is 0 Å². The number of hydrogen-bond acceptors (Lipinski definition) is 7. The number of thiophene rings is 1. The molecule has 1 N–H and O–H groups in total. The molecule has 194 valence electrons. The minimum Gasteiger partial charge on any atom is -0.494 e. The van der Waals surface area contributed by atoms with Crippen LogP contribution in [-0.2, 0) is 29.2 Å². The fraction of sp³-hybridized carbons (Fsp3) is 0.214. The number of furan rings is 1. The van der Waals surface area contributed by atoms with Crippen molar-refractivity contribution in [1.29, 1.82) is 0 Å². The molecule has 38 heavy (non-hydrogen) atoms. The molecule has 1 atom stereocenters. The third-order valence-corrected chi connectivity index (χ3v) is 6.88. The van der Waals surface area contributed by atoms with Crippen molar-refractivity contribution in [2.75, 3.05) is 6.61 Å². The number of carbonyl (C=O) groups is 2. The number of para-hydroxylation sites is 2. The smallest absolute Gasteiger partial charge is 0.247 e. The lowest BCUT2D eigenvalue weighted by molar-refractivity contribution is -0.142. The van der Waals surface area contributed by atoms with Gasteiger partial charge in [0.05, 0.1) is 31.5 Å². The van der Waals surface area contributed by atoms with E-state index in [9.17, 15) is 9.59 Å². The van der Waals surface area contributed by atoms with Crippen LogP contribution >= 0.6 is 11.3 Å². The molecule has 0 fully saturated rings. The maximum absolute atomic E-state index is 14.0. The first-order valence-corrected chi connectivity index (χ1v) is 13.1. The minimum absolute atomic E-state index is 0.0787. The van der Waals surface area contributed by atoms with Crippen LogP contribution in [-0.4, -0.2) is 38.3 Å². The van der Waals surface area contributed by atoms with Gasteiger partial charge in [-0.2, -0.15) is 0 Å². The Hall–Kier alpha value is -4.44. The molecule has 0 aliphatic carbocycles. The number of amides is 2. The zero-order valence-corrected chi connectivity index (χ0v) is 21.6. The molecule has 0 spiro atoms. The molecule has 9 nitrogen and oxygen atoms in total. The molecule has 5 rings (SSSR count). The van der Waals surface area contributed by atoms with Crippen LogP contribution in [0.15, 0.2) is 88.9 Å². The lowest BCUT2D eigenvalue weighted by Crippen LogP contribution is -2.44. The molecule has 0 aliphatic heterocycles. The zero-order chi connectivity index (χ0) is 26.3. The minimum atomic E-state index is -0.961. The molecule has 0 saturated carbocycles. The third kappa shape index (κ3) is 5.60. The normalized spacial score (nSPS) is 11.8. The number of nitrogens with zero attached hydrogens (tertiary/aromatic N) is 4. The average molecular weight is 530 g/mol. The molecule has 0 radical (unpaired) electrons. The highest BCUT2D eigenvalue weighted by molar-refractivity contribution is 7.09. The van der Waals surface area contributed by atoms with Crippen molar-refractivity contribution in [2.24, 2.45) is 0 Å². The second kappa shape index (κ2) is 11.7. The standard InChI is InChI=1S/C28H27N5O4S/c1-2-36-25-14-6-3-11-22(25)27(28(35)29-17-20-9-7-15-37-20)32(18-21-10-8-16-38-21)26(34)19-33-24-13-5-4-12-23(24)30-31-33/h3-16,27H,2,17-19H2,1H3,(H,29,35). The van der Waals surface area contributed by atoms with Crippen LogP contribution in [0.1, 0.15) is 29.2 Å². The molecule has 0 bridgehead atoms. The summed E-state index contributed by atoms with van der Waals surface area (Å²) in [6.07, 6.45) is 1.55. The van der Waals surface area contributed by atoms with Crippen molar-refractivity contribution in [3.05, 3.63) is 101 Å². The predicted molar refractivity (Wildman–Crippen MR) is 143 cm³/mol. The summed E-state index contributed by atoms with van der Waals surface area (Å²) in [5, 5.41) is 13.3. The lowest BCUT2D eigenvalue weighted by Gasteiger charge is -2.32. The van der Waals surface area contributed by atoms with Crippen LogP contribution in [0.4, 0.5) is 0 Å². The Balaban J connectivity index is 1.53. The second-order valence-electron chi connectivity index (χ2n) is 8.51. The summed E-state index contributed by atoms with van der Waals surface area (Å²) in [4.78, 5) is 30.4. The largest absolute Gasteiger partial charge is 0.494 e. The van der Waals surface area contributed by atoms with E-state index >= 15 is 0 Å². The van der Waals surface area contributed by atoms with Crippen molar-refractivity contribution < 1.29 is 18.7 Å². The summed E-state index contributed by atoms with van der Waals surface area (Å²) in [5.41, 5.74) is 2.03. The van der Waals surface area contributed by atoms with Gasteiger partial charge in [-0.25, -0.2) is 4.68 Å². The van der Waals surface area contributed by atoms with E-state index in [2.05, 4.69) is 15.6 Å². The number of rotatable bonds is 11. The first kappa shape index (κ1) is 25.2. The van der Waals surface area contributed by atoms with Gasteiger partial charge in [-0.15, -0.1) is 16.4 Å². The Bertz CT molecular complexity index is 1500. The molecule has 3 heterocycles. The van der Waals surface area contributed by atoms with Gasteiger partial charge < -0.3 is 19.4 Å². The molecule has 5 aromatic rings. The van der Waals surface area contributed by atoms with Gasteiger partial charge in [-0.1, -0.05) is 41.6 Å². The predicted octanol–water partition coefficient (Wildman–Crippen LogP) is 4.57. The molecule has 3 aromatic heterocycles. The van der Waals surface area contributed by atoms with Crippen LogP contribution in [0.2, 0.25) is 0 Å². The zero-order valence-electron chi connectivity index (χ0n) is 20.8. The van der Waals surface area contributed by atoms with E-state index in [1.165, 1.54) is 11.3 Å². The first-order valence-electron chi connectivity index (χ1n) is 12.3. The number of aromatic nitrogens is 3. The summed E-state index contributed by atoms with van der Waals surface area (Å²) in [5.74, 6) is 0.532. The molecular weight excluding hydrogens is 502 g/mol. The van der Waals surface area contributed by atoms with Crippen molar-refractivity contribution in [3.63, 3.8) is 0 Å². The molecule has 1 unspecified atom stereocenters. The van der Waals surface area contributed by atoms with Crippen LogP contribution in [0.25, 0.3) is 11.0 Å². The summed E-state index contributed by atoms with van der Waals surface area (Å²) in [6.45, 7) is 2.65. The molecule has 2 amide bonds. The number of hydrogen-bond donors (Lipinski definition) is 1. The highest BCUT2D eigenvalue weighted by atomic mass is 32.1. The van der Waals surface area contributed by atoms with E-state index in [0.29, 0.717) is 29.2 Å². The topological polar surface area (TPSA) is 102 Å². The molecule has 0 saturated heterocycles. The van der Waals surface area contributed by atoms with Crippen molar-refractivity contribution in [2.45, 2.75) is 32.6 Å². The quantitative estimate of drug-likeness (QED) is 0.269. The van der Waals surface area contributed by atoms with Gasteiger partial charge >= 0.3 is 0 Å². The molecular formula is C28H27N5O4S. The van der Waals surface area contributed by atoms with Gasteiger partial charge in [-0.05, 0) is 48.7 Å². The van der Waals surface area contributed by atoms with E-state index in [4.69, 9.17) is 9.15 Å². The number of nitrogens with one attached hydrogen (secondary N) is 1. The summed E-state index contributed by atoms with van der Waals surface area (Å²) < 4.78 is 12.8. The van der Waals surface area contributed by atoms with Crippen molar-refractivity contribution in [3.8, 4) is 5.75 Å². The monoisotopic (exact) mass is 529 g/mol. The van der Waals surface area contributed by atoms with Gasteiger partial charge in [0.15, 0.2) is 0 Å². The van der Waals surface area contributed by atoms with E-state index in [1.54, 1.807) is 28.0 Å². The van der Waals surface area contributed by atoms with Crippen LogP contribution < -0.4 is 10.1 Å². The van der Waals surface area contributed by atoms with E-state index in [1.807, 2.05) is 73.0 Å². The SMILES string of the molecule is CCOc1ccccc1C(C(=O)NCc1ccco1)N(Cc1cccs1)C(=O)Cn1nnc2ccccc21. The Kier molecular flexibility index (Phi) is 7.79. The Morgan fingerprint density at radius 2 is 1.92 bits per heavy atom. The summed E-state index contributed by atoms with van der Waals surface area (Å²) in [6, 6.07) is 21.2. The summed E-state index contributed by atoms with van der Waals surface area (Å²) >= 11 is 1.52. The van der Waals surface area contributed by atoms with E-state index in [-0.39, 0.29) is 31.4 Å². The Morgan fingerprint density at radius 3 is 2.71 bits per heavy atom. The first-order chi connectivity index (χ1) is 18.6. The maximum Gasteiger partial charge on any atom is 0.247 e. The van der Waals surface area contributed by atoms with Crippen LogP contribution in [0.5, 0.6) is 5.75 Å². The van der Waals surface area contributed by atoms with E-state index < -0.39 is 6.04 Å². The molecule has 2 aromatic carbocycles. The molecule has 0 aliphatic rings. The lowest BCUT2D eigenvalue weighted by atomic mass is 10.0. The Morgan fingerprint density at radius 1 is 1.08 bits per heavy atom. The van der Waals surface area contributed by atoms with Crippen molar-refractivity contribution in [1.82, 2.24) is 25.2 Å². The fourth-order valence-electron chi connectivity index (χ4n) is 4.28. The maximum atomic E-state index is 14.0. The van der Waals surface area contributed by atoms with Gasteiger partial charge in [0.1, 0.15) is 29.6 Å². The summed E-state index contributed by atoms with van der Waals surface area (Å²) in [7, 11) is 0. The van der Waals surface area contributed by atoms with Crippen LogP contribution in [0, 0.1) is 0 Å². The fourth-order valence-corrected chi connectivity index (χ4v) is 4.98. The Labute approximate surface area is 223 Å². The highest BCUT2D eigenvalue weighted by Gasteiger charge is 2.34. The van der Waals surface area contributed by atoms with Gasteiger partial charge in [-0.3, -0.25) is 9.59 Å².